The Morgan fingerprint density at radius 1 is 1.59 bits per heavy atom. The van der Waals surface area contributed by atoms with Gasteiger partial charge in [-0.2, -0.15) is 0 Å². The van der Waals surface area contributed by atoms with Crippen LogP contribution in [0.1, 0.15) is 12.5 Å². The molecule has 3 N–H and O–H groups in total. The number of rotatable bonds is 5. The van der Waals surface area contributed by atoms with Gasteiger partial charge in [0.25, 0.3) is 0 Å². The van der Waals surface area contributed by atoms with Crippen molar-refractivity contribution in [3.8, 4) is 5.75 Å². The van der Waals surface area contributed by atoms with Gasteiger partial charge in [-0.05, 0) is 38.6 Å². The summed E-state index contributed by atoms with van der Waals surface area (Å²) in [4.78, 5) is 11.2. The maximum Gasteiger partial charge on any atom is 0.240 e. The molecule has 1 unspecified atom stereocenters. The molecule has 0 saturated carbocycles. The second-order valence-electron chi connectivity index (χ2n) is 4.17. The van der Waals surface area contributed by atoms with Crippen LogP contribution in [0.3, 0.4) is 0 Å². The highest BCUT2D eigenvalue weighted by Gasteiger charge is 2.30. The smallest absolute Gasteiger partial charge is 0.240 e. The monoisotopic (exact) mass is 240 g/mol. The third-order valence-corrected chi connectivity index (χ3v) is 2.70. The predicted octanol–water partition coefficient (Wildman–Crippen LogP) is 0.976. The van der Waals surface area contributed by atoms with Crippen LogP contribution in [-0.2, 0) is 4.79 Å². The van der Waals surface area contributed by atoms with Crippen molar-refractivity contribution < 1.29 is 13.9 Å². The first-order valence-electron chi connectivity index (χ1n) is 5.27. The second-order valence-corrected chi connectivity index (χ2v) is 4.17. The molecular weight excluding hydrogens is 223 g/mol. The van der Waals surface area contributed by atoms with Gasteiger partial charge in [0.2, 0.25) is 5.91 Å². The van der Waals surface area contributed by atoms with E-state index in [9.17, 15) is 9.18 Å². The second kappa shape index (κ2) is 5.14. The van der Waals surface area contributed by atoms with Crippen molar-refractivity contribution in [2.24, 2.45) is 5.73 Å². The molecule has 1 aromatic rings. The number of likely N-dealkylation sites (N-methyl/N-ethyl adjacent to an activating group) is 1. The van der Waals surface area contributed by atoms with E-state index in [4.69, 9.17) is 10.5 Å². The summed E-state index contributed by atoms with van der Waals surface area (Å²) in [5.41, 5.74) is 5.10. The molecule has 0 bridgehead atoms. The molecule has 1 amide bonds. The van der Waals surface area contributed by atoms with E-state index in [-0.39, 0.29) is 12.4 Å². The molecule has 0 saturated heterocycles. The molecule has 0 spiro atoms. The number of aryl methyl sites for hydroxylation is 1. The molecule has 0 aliphatic carbocycles. The number of ether oxygens (including phenoxy) is 1. The number of hydrogen-bond acceptors (Lipinski definition) is 3. The molecule has 0 aliphatic heterocycles. The molecule has 0 aromatic heterocycles. The normalized spacial score (nSPS) is 14.1. The van der Waals surface area contributed by atoms with Crippen LogP contribution in [0.4, 0.5) is 4.39 Å². The van der Waals surface area contributed by atoms with Crippen molar-refractivity contribution in [3.63, 3.8) is 0 Å². The number of amides is 1. The Morgan fingerprint density at radius 3 is 2.76 bits per heavy atom. The largest absolute Gasteiger partial charge is 0.488 e. The summed E-state index contributed by atoms with van der Waals surface area (Å²) < 4.78 is 18.7. The molecule has 1 atom stereocenters. The highest BCUT2D eigenvalue weighted by Crippen LogP contribution is 2.19. The minimum atomic E-state index is -1.02. The molecule has 0 radical (unpaired) electrons. The van der Waals surface area contributed by atoms with Crippen molar-refractivity contribution in [1.82, 2.24) is 5.32 Å². The van der Waals surface area contributed by atoms with Crippen LogP contribution in [0.5, 0.6) is 5.75 Å². The van der Waals surface area contributed by atoms with E-state index in [1.165, 1.54) is 6.07 Å². The van der Waals surface area contributed by atoms with Gasteiger partial charge in [-0.15, -0.1) is 0 Å². The van der Waals surface area contributed by atoms with E-state index >= 15 is 0 Å². The average molecular weight is 240 g/mol. The lowest BCUT2D eigenvalue weighted by atomic mass is 10.0. The fraction of sp³-hybridized carbons (Fsp3) is 0.417. The molecule has 1 rings (SSSR count). The number of halogens is 1. The molecule has 0 heterocycles. The highest BCUT2D eigenvalue weighted by molar-refractivity contribution is 5.84. The Hall–Kier alpha value is -1.62. The summed E-state index contributed by atoms with van der Waals surface area (Å²) in [5.74, 6) is -0.890. The first kappa shape index (κ1) is 13.4. The van der Waals surface area contributed by atoms with Crippen molar-refractivity contribution in [1.29, 1.82) is 0 Å². The summed E-state index contributed by atoms with van der Waals surface area (Å²) in [6.45, 7) is 3.40. The minimum absolute atomic E-state index is 0.0286. The summed E-state index contributed by atoms with van der Waals surface area (Å²) >= 11 is 0. The first-order chi connectivity index (χ1) is 7.89. The third kappa shape index (κ3) is 3.17. The van der Waals surface area contributed by atoms with Crippen LogP contribution in [-0.4, -0.2) is 25.1 Å². The minimum Gasteiger partial charge on any atom is -0.488 e. The van der Waals surface area contributed by atoms with E-state index in [1.54, 1.807) is 26.1 Å². The van der Waals surface area contributed by atoms with Crippen molar-refractivity contribution in [2.75, 3.05) is 13.7 Å². The lowest BCUT2D eigenvalue weighted by molar-refractivity contribution is -0.124. The number of carbonyl (C=O) groups excluding carboxylic acids is 1. The van der Waals surface area contributed by atoms with Crippen LogP contribution in [0.25, 0.3) is 0 Å². The third-order valence-electron chi connectivity index (χ3n) is 2.70. The Labute approximate surface area is 100.0 Å². The highest BCUT2D eigenvalue weighted by atomic mass is 19.1. The van der Waals surface area contributed by atoms with Gasteiger partial charge in [-0.25, -0.2) is 4.39 Å². The maximum absolute atomic E-state index is 13.4. The Balaban J connectivity index is 2.79. The lowest BCUT2D eigenvalue weighted by Crippen LogP contribution is -2.55. The number of nitrogens with two attached hydrogens (primary N) is 1. The Bertz CT molecular complexity index is 423. The number of nitrogens with one attached hydrogen (secondary N) is 1. The summed E-state index contributed by atoms with van der Waals surface area (Å²) in [6, 6.07) is 4.55. The van der Waals surface area contributed by atoms with Crippen LogP contribution in [0.2, 0.25) is 0 Å². The zero-order valence-electron chi connectivity index (χ0n) is 10.2. The van der Waals surface area contributed by atoms with E-state index in [0.717, 1.165) is 5.56 Å². The fourth-order valence-corrected chi connectivity index (χ4v) is 1.21. The molecule has 17 heavy (non-hydrogen) atoms. The van der Waals surface area contributed by atoms with Gasteiger partial charge in [-0.3, -0.25) is 4.79 Å². The van der Waals surface area contributed by atoms with Crippen LogP contribution in [0, 0.1) is 12.7 Å². The maximum atomic E-state index is 13.4. The quantitative estimate of drug-likeness (QED) is 0.806. The zero-order valence-corrected chi connectivity index (χ0v) is 10.2. The SMILES string of the molecule is CNC(C)(COc1cc(C)ccc1F)C(N)=O. The van der Waals surface area contributed by atoms with E-state index in [0.29, 0.717) is 0 Å². The van der Waals surface area contributed by atoms with Gasteiger partial charge in [0.05, 0.1) is 0 Å². The van der Waals surface area contributed by atoms with Crippen molar-refractivity contribution >= 4 is 5.91 Å². The Kier molecular flexibility index (Phi) is 4.07. The number of hydrogen-bond donors (Lipinski definition) is 2. The molecule has 4 nitrogen and oxygen atoms in total. The van der Waals surface area contributed by atoms with Gasteiger partial charge in [0.1, 0.15) is 12.1 Å². The summed E-state index contributed by atoms with van der Waals surface area (Å²) in [7, 11) is 1.60. The molecule has 94 valence electrons. The van der Waals surface area contributed by atoms with Crippen molar-refractivity contribution in [2.45, 2.75) is 19.4 Å². The topological polar surface area (TPSA) is 64.3 Å². The summed E-state index contributed by atoms with van der Waals surface area (Å²) in [5, 5.41) is 2.76. The standard InChI is InChI=1S/C12H17FN2O2/c1-8-4-5-9(13)10(6-8)17-7-12(2,15-3)11(14)16/h4-6,15H,7H2,1-3H3,(H2,14,16). The molecule has 0 aliphatic rings. The fourth-order valence-electron chi connectivity index (χ4n) is 1.21. The van der Waals surface area contributed by atoms with E-state index in [1.807, 2.05) is 6.92 Å². The van der Waals surface area contributed by atoms with Crippen LogP contribution >= 0.6 is 0 Å². The van der Waals surface area contributed by atoms with E-state index < -0.39 is 17.3 Å². The van der Waals surface area contributed by atoms with E-state index in [2.05, 4.69) is 5.32 Å². The zero-order chi connectivity index (χ0) is 13.1. The van der Waals surface area contributed by atoms with Gasteiger partial charge < -0.3 is 15.8 Å². The molecule has 1 aromatic carbocycles. The molecule has 5 heteroatoms. The Morgan fingerprint density at radius 2 is 2.24 bits per heavy atom. The lowest BCUT2D eigenvalue weighted by Gasteiger charge is -2.25. The predicted molar refractivity (Wildman–Crippen MR) is 63.3 cm³/mol. The van der Waals surface area contributed by atoms with Gasteiger partial charge >= 0.3 is 0 Å². The van der Waals surface area contributed by atoms with Gasteiger partial charge in [-0.1, -0.05) is 6.07 Å². The number of carbonyl (C=O) groups is 1. The van der Waals surface area contributed by atoms with Crippen LogP contribution in [0.15, 0.2) is 18.2 Å². The first-order valence-corrected chi connectivity index (χ1v) is 5.27. The number of primary amides is 1. The van der Waals surface area contributed by atoms with Crippen molar-refractivity contribution in [3.05, 3.63) is 29.6 Å². The van der Waals surface area contributed by atoms with Gasteiger partial charge in [0.15, 0.2) is 11.6 Å². The summed E-state index contributed by atoms with van der Waals surface area (Å²) in [6.07, 6.45) is 0. The molecular formula is C12H17FN2O2. The average Bonchev–Trinajstić information content (AvgIpc) is 2.29. The molecule has 0 fully saturated rings. The number of benzene rings is 1. The van der Waals surface area contributed by atoms with Crippen LogP contribution < -0.4 is 15.8 Å². The van der Waals surface area contributed by atoms with Gasteiger partial charge in [0, 0.05) is 0 Å².